The van der Waals surface area contributed by atoms with Gasteiger partial charge in [0, 0.05) is 18.7 Å². The van der Waals surface area contributed by atoms with E-state index in [2.05, 4.69) is 19.7 Å². The minimum Gasteiger partial charge on any atom is -0.465 e. The average molecular weight is 451 g/mol. The van der Waals surface area contributed by atoms with Crippen LogP contribution in [0.5, 0.6) is 0 Å². The highest BCUT2D eigenvalue weighted by molar-refractivity contribution is 7.93. The quantitative estimate of drug-likeness (QED) is 0.597. The molecule has 30 heavy (non-hydrogen) atoms. The average Bonchev–Trinajstić information content (AvgIpc) is 3.31. The molecule has 0 saturated carbocycles. The van der Waals surface area contributed by atoms with Crippen LogP contribution in [-0.2, 0) is 27.7 Å². The molecule has 0 saturated heterocycles. The third kappa shape index (κ3) is 3.82. The zero-order chi connectivity index (χ0) is 21.3. The maximum absolute atomic E-state index is 14.6. The lowest BCUT2D eigenvalue weighted by atomic mass is 10.1. The predicted octanol–water partition coefficient (Wildman–Crippen LogP) is 3.46. The molecule has 4 rings (SSSR count). The number of nitrogens with one attached hydrogen (secondary N) is 1. The van der Waals surface area contributed by atoms with Gasteiger partial charge in [-0.05, 0) is 42.5 Å². The van der Waals surface area contributed by atoms with E-state index in [0.29, 0.717) is 12.4 Å². The number of ether oxygens (including phenoxy) is 1. The molecule has 1 aliphatic rings. The third-order valence-corrected chi connectivity index (χ3v) is 7.31. The fourth-order valence-corrected chi connectivity index (χ4v) is 5.79. The van der Waals surface area contributed by atoms with Gasteiger partial charge < -0.3 is 9.30 Å². The van der Waals surface area contributed by atoms with Crippen LogP contribution in [0.4, 0.5) is 10.1 Å². The van der Waals surface area contributed by atoms with Crippen molar-refractivity contribution in [3.05, 3.63) is 46.2 Å². The molecule has 1 N–H and O–H groups in total. The van der Waals surface area contributed by atoms with Gasteiger partial charge in [0.1, 0.15) is 21.4 Å². The number of carbonyl (C=O) groups is 1. The van der Waals surface area contributed by atoms with Crippen LogP contribution in [0.2, 0.25) is 0 Å². The van der Waals surface area contributed by atoms with E-state index in [1.54, 1.807) is 0 Å². The summed E-state index contributed by atoms with van der Waals surface area (Å²) in [6, 6.07) is 5.21. The van der Waals surface area contributed by atoms with Crippen molar-refractivity contribution < 1.29 is 22.3 Å². The zero-order valence-corrected chi connectivity index (χ0v) is 17.7. The molecule has 0 unspecified atom stereocenters. The van der Waals surface area contributed by atoms with Crippen molar-refractivity contribution in [2.75, 3.05) is 11.8 Å². The van der Waals surface area contributed by atoms with Crippen LogP contribution >= 0.6 is 11.3 Å². The summed E-state index contributed by atoms with van der Waals surface area (Å²) < 4.78 is 49.2. The number of nitrogens with zero attached hydrogens (tertiary/aromatic N) is 3. The number of aryl methyl sites for hydroxylation is 1. The first-order valence-electron chi connectivity index (χ1n) is 9.31. The van der Waals surface area contributed by atoms with Gasteiger partial charge in [0.05, 0.1) is 12.7 Å². The summed E-state index contributed by atoms with van der Waals surface area (Å²) in [7, 11) is -2.90. The molecule has 0 amide bonds. The Labute approximate surface area is 176 Å². The molecule has 0 radical (unpaired) electrons. The number of sulfonamides is 1. The molecule has 3 aromatic rings. The summed E-state index contributed by atoms with van der Waals surface area (Å²) in [5.74, 6) is -0.0930. The molecule has 0 spiro atoms. The number of halogens is 1. The number of hydrogen-bond acceptors (Lipinski definition) is 7. The Bertz CT molecular complexity index is 1200. The van der Waals surface area contributed by atoms with Gasteiger partial charge in [0.15, 0.2) is 5.82 Å². The van der Waals surface area contributed by atoms with Crippen LogP contribution in [0.15, 0.2) is 34.5 Å². The van der Waals surface area contributed by atoms with Crippen LogP contribution < -0.4 is 4.72 Å². The number of rotatable bonds is 5. The predicted molar refractivity (Wildman–Crippen MR) is 109 cm³/mol. The second kappa shape index (κ2) is 8.15. The number of aromatic nitrogens is 3. The second-order valence-corrected chi connectivity index (χ2v) is 9.37. The molecule has 11 heteroatoms. The number of anilines is 1. The monoisotopic (exact) mass is 450 g/mol. The number of esters is 1. The van der Waals surface area contributed by atoms with Gasteiger partial charge in [-0.1, -0.05) is 6.42 Å². The van der Waals surface area contributed by atoms with Crippen molar-refractivity contribution in [3.8, 4) is 11.4 Å². The number of hydrogen-bond donors (Lipinski definition) is 1. The first-order valence-corrected chi connectivity index (χ1v) is 11.7. The van der Waals surface area contributed by atoms with E-state index < -0.39 is 21.8 Å². The Morgan fingerprint density at radius 1 is 1.23 bits per heavy atom. The Morgan fingerprint density at radius 3 is 2.87 bits per heavy atom. The molecule has 0 aliphatic carbocycles. The van der Waals surface area contributed by atoms with Gasteiger partial charge >= 0.3 is 5.97 Å². The second-order valence-electron chi connectivity index (χ2n) is 6.81. The first kappa shape index (κ1) is 20.5. The van der Waals surface area contributed by atoms with Gasteiger partial charge in [0.25, 0.3) is 10.0 Å². The molecule has 0 atom stereocenters. The highest BCUT2D eigenvalue weighted by Gasteiger charge is 2.26. The van der Waals surface area contributed by atoms with Gasteiger partial charge in [-0.15, -0.1) is 21.5 Å². The van der Waals surface area contributed by atoms with E-state index >= 15 is 0 Å². The summed E-state index contributed by atoms with van der Waals surface area (Å²) in [6.07, 6.45) is 3.79. The van der Waals surface area contributed by atoms with Gasteiger partial charge in [-0.3, -0.25) is 4.72 Å². The third-order valence-electron chi connectivity index (χ3n) is 4.86. The molecular weight excluding hydrogens is 431 g/mol. The lowest BCUT2D eigenvalue weighted by Gasteiger charge is -2.11. The molecular formula is C19H19FN4O4S2. The van der Waals surface area contributed by atoms with Crippen LogP contribution in [-0.4, -0.2) is 36.3 Å². The number of thiophene rings is 1. The Kier molecular flexibility index (Phi) is 5.56. The van der Waals surface area contributed by atoms with Crippen molar-refractivity contribution in [1.29, 1.82) is 0 Å². The SMILES string of the molecule is COC(=O)c1sccc1S(=O)(=O)Nc1ccc(F)c(-c2nnc3n2CCCCC3)c1. The molecule has 158 valence electrons. The minimum absolute atomic E-state index is 0.0323. The standard InChI is InChI=1S/C19H19FN4O4S2/c1-28-19(25)17-15(8-10-29-17)30(26,27)23-12-6-7-14(20)13(11-12)18-22-21-16-5-3-2-4-9-24(16)18/h6-8,10-11,23H,2-5,9H2,1H3. The highest BCUT2D eigenvalue weighted by Crippen LogP contribution is 2.30. The van der Waals surface area contributed by atoms with Gasteiger partial charge in [0.2, 0.25) is 0 Å². The summed E-state index contributed by atoms with van der Waals surface area (Å²) in [5.41, 5.74) is 0.314. The molecule has 0 bridgehead atoms. The molecule has 2 aromatic heterocycles. The molecule has 1 aromatic carbocycles. The van der Waals surface area contributed by atoms with E-state index in [1.165, 1.54) is 36.8 Å². The van der Waals surface area contributed by atoms with Crippen LogP contribution in [0.25, 0.3) is 11.4 Å². The van der Waals surface area contributed by atoms with Crippen molar-refractivity contribution >= 4 is 33.0 Å². The topological polar surface area (TPSA) is 103 Å². The number of methoxy groups -OCH3 is 1. The highest BCUT2D eigenvalue weighted by atomic mass is 32.2. The van der Waals surface area contributed by atoms with E-state index in [4.69, 9.17) is 0 Å². The minimum atomic E-state index is -4.08. The van der Waals surface area contributed by atoms with Crippen molar-refractivity contribution in [1.82, 2.24) is 14.8 Å². The molecule has 0 fully saturated rings. The molecule has 1 aliphatic heterocycles. The van der Waals surface area contributed by atoms with Crippen LogP contribution in [0, 0.1) is 5.82 Å². The largest absolute Gasteiger partial charge is 0.465 e. The lowest BCUT2D eigenvalue weighted by molar-refractivity contribution is 0.0602. The van der Waals surface area contributed by atoms with Gasteiger partial charge in [-0.2, -0.15) is 0 Å². The molecule has 3 heterocycles. The number of fused-ring (bicyclic) bond motifs is 1. The summed E-state index contributed by atoms with van der Waals surface area (Å²) >= 11 is 0.965. The summed E-state index contributed by atoms with van der Waals surface area (Å²) in [4.78, 5) is 11.6. The Balaban J connectivity index is 1.69. The zero-order valence-electron chi connectivity index (χ0n) is 16.1. The Morgan fingerprint density at radius 2 is 2.07 bits per heavy atom. The van der Waals surface area contributed by atoms with Crippen LogP contribution in [0.1, 0.15) is 34.8 Å². The van der Waals surface area contributed by atoms with Crippen LogP contribution in [0.3, 0.4) is 0 Å². The fraction of sp³-hybridized carbons (Fsp3) is 0.316. The van der Waals surface area contributed by atoms with E-state index in [1.807, 2.05) is 4.57 Å². The number of carbonyl (C=O) groups excluding carboxylic acids is 1. The normalized spacial score (nSPS) is 14.1. The van der Waals surface area contributed by atoms with E-state index in [0.717, 1.165) is 42.8 Å². The van der Waals surface area contributed by atoms with E-state index in [-0.39, 0.29) is 21.0 Å². The van der Waals surface area contributed by atoms with Crippen molar-refractivity contribution in [2.45, 2.75) is 37.1 Å². The van der Waals surface area contributed by atoms with Gasteiger partial charge in [-0.25, -0.2) is 17.6 Å². The van der Waals surface area contributed by atoms with E-state index in [9.17, 15) is 17.6 Å². The molecule has 8 nitrogen and oxygen atoms in total. The number of benzene rings is 1. The first-order chi connectivity index (χ1) is 14.4. The smallest absolute Gasteiger partial charge is 0.349 e. The summed E-state index contributed by atoms with van der Waals surface area (Å²) in [5, 5.41) is 9.81. The lowest BCUT2D eigenvalue weighted by Crippen LogP contribution is -2.16. The Hall–Kier alpha value is -2.79. The van der Waals surface area contributed by atoms with Crippen molar-refractivity contribution in [2.24, 2.45) is 0 Å². The maximum atomic E-state index is 14.6. The van der Waals surface area contributed by atoms with Crippen molar-refractivity contribution in [3.63, 3.8) is 0 Å². The fourth-order valence-electron chi connectivity index (χ4n) is 3.41. The summed E-state index contributed by atoms with van der Waals surface area (Å²) in [6.45, 7) is 0.685. The maximum Gasteiger partial charge on any atom is 0.349 e.